The largest absolute Gasteiger partial charge is 0.462 e. The predicted octanol–water partition coefficient (Wildman–Crippen LogP) is 25.0. The Morgan fingerprint density at radius 3 is 0.831 bits per heavy atom. The lowest BCUT2D eigenvalue weighted by molar-refractivity contribution is -0.166. The van der Waals surface area contributed by atoms with Gasteiger partial charge in [0.1, 0.15) is 13.2 Å². The molecule has 0 aliphatic rings. The van der Waals surface area contributed by atoms with Crippen LogP contribution in [0.4, 0.5) is 0 Å². The molecule has 1 atom stereocenters. The molecule has 0 aromatic carbocycles. The molecule has 0 aliphatic carbocycles. The van der Waals surface area contributed by atoms with Crippen LogP contribution in [0.1, 0.15) is 367 Å². The van der Waals surface area contributed by atoms with E-state index in [2.05, 4.69) is 93.7 Å². The summed E-state index contributed by atoms with van der Waals surface area (Å²) in [5.41, 5.74) is 0. The molecule has 0 fully saturated rings. The molecule has 0 aliphatic heterocycles. The Hall–Kier alpha value is -3.41. The van der Waals surface area contributed by atoms with Crippen LogP contribution in [-0.2, 0) is 28.6 Å². The zero-order chi connectivity index (χ0) is 59.9. The minimum absolute atomic E-state index is 0.104. The van der Waals surface area contributed by atoms with Gasteiger partial charge in [-0.1, -0.05) is 337 Å². The molecule has 0 rings (SSSR count). The SMILES string of the molecule is CC/C=C\C/C=C\C/C=C\C/C=C\C/C=C\CC(=O)OCC(COC(=O)CCCCCCCCCCCCCCCCC/C=C\CCCCCCCCCC)OC(=O)CCCCCCCCCCCCC/C=C\CCCCCCCCCC. The Labute approximate surface area is 515 Å². The number of hydrogen-bond donors (Lipinski definition) is 0. The van der Waals surface area contributed by atoms with Crippen LogP contribution in [0.25, 0.3) is 0 Å². The summed E-state index contributed by atoms with van der Waals surface area (Å²) in [4.78, 5) is 38.4. The van der Waals surface area contributed by atoms with Crippen molar-refractivity contribution < 1.29 is 28.6 Å². The maximum Gasteiger partial charge on any atom is 0.309 e. The smallest absolute Gasteiger partial charge is 0.309 e. The van der Waals surface area contributed by atoms with E-state index in [9.17, 15) is 14.4 Å². The normalized spacial score (nSPS) is 12.6. The van der Waals surface area contributed by atoms with Gasteiger partial charge < -0.3 is 14.2 Å². The van der Waals surface area contributed by atoms with Gasteiger partial charge in [0.2, 0.25) is 0 Å². The fourth-order valence-electron chi connectivity index (χ4n) is 10.5. The molecular formula is C77H136O6. The van der Waals surface area contributed by atoms with Crippen molar-refractivity contribution in [2.75, 3.05) is 13.2 Å². The lowest BCUT2D eigenvalue weighted by Crippen LogP contribution is -2.30. The highest BCUT2D eigenvalue weighted by atomic mass is 16.6. The maximum absolute atomic E-state index is 13.0. The number of carbonyl (C=O) groups excluding carboxylic acids is 3. The van der Waals surface area contributed by atoms with E-state index >= 15 is 0 Å². The van der Waals surface area contributed by atoms with E-state index in [1.54, 1.807) is 0 Å². The highest BCUT2D eigenvalue weighted by Gasteiger charge is 2.19. The lowest BCUT2D eigenvalue weighted by Gasteiger charge is -2.18. The van der Waals surface area contributed by atoms with Crippen LogP contribution in [0.2, 0.25) is 0 Å². The van der Waals surface area contributed by atoms with Crippen molar-refractivity contribution in [3.8, 4) is 0 Å². The van der Waals surface area contributed by atoms with E-state index in [0.29, 0.717) is 12.8 Å². The third-order valence-corrected chi connectivity index (χ3v) is 15.9. The first kappa shape index (κ1) is 79.6. The number of hydrogen-bond acceptors (Lipinski definition) is 6. The summed E-state index contributed by atoms with van der Waals surface area (Å²) in [6.45, 7) is 6.49. The molecule has 0 heterocycles. The van der Waals surface area contributed by atoms with Gasteiger partial charge in [-0.3, -0.25) is 14.4 Å². The average molecular weight is 1160 g/mol. The quantitative estimate of drug-likeness (QED) is 0.0261. The average Bonchev–Trinajstić information content (AvgIpc) is 3.49. The molecule has 0 saturated heterocycles. The van der Waals surface area contributed by atoms with Crippen LogP contribution in [0.15, 0.2) is 85.1 Å². The van der Waals surface area contributed by atoms with Gasteiger partial charge in [0.05, 0.1) is 6.42 Å². The molecule has 0 bridgehead atoms. The standard InChI is InChI=1S/C77H136O6/c1-4-7-10-13-16-19-22-25-28-30-32-34-36-37-38-39-41-42-44-46-49-52-55-58-61-64-67-70-76(79)82-73-74(72-81-75(78)69-66-63-60-57-54-51-48-27-24-21-18-15-12-9-6-3)83-77(80)71-68-65-62-59-56-53-50-47-45-43-40-35-33-31-29-26-23-20-17-14-11-8-5-2/h9,12,18,21,27,30-33,48,54,57,63,66,74H,4-8,10-11,13-17,19-20,22-26,28-29,34-47,49-53,55-56,58-62,64-65,67-73H2,1-3H3/b12-9-,21-18-,32-30-,33-31-,48-27-,57-54-,66-63-. The second-order valence-corrected chi connectivity index (χ2v) is 24.1. The second kappa shape index (κ2) is 71.1. The molecular weight excluding hydrogens is 1020 g/mol. The Morgan fingerprint density at radius 2 is 0.518 bits per heavy atom. The van der Waals surface area contributed by atoms with Crippen molar-refractivity contribution in [3.63, 3.8) is 0 Å². The minimum Gasteiger partial charge on any atom is -0.462 e. The first-order valence-corrected chi connectivity index (χ1v) is 36.1. The van der Waals surface area contributed by atoms with Crippen LogP contribution in [-0.4, -0.2) is 37.2 Å². The van der Waals surface area contributed by atoms with Gasteiger partial charge in [0.15, 0.2) is 6.10 Å². The number of unbranched alkanes of at least 4 members (excludes halogenated alkanes) is 42. The zero-order valence-corrected chi connectivity index (χ0v) is 55.2. The second-order valence-electron chi connectivity index (χ2n) is 24.1. The molecule has 0 saturated carbocycles. The van der Waals surface area contributed by atoms with Crippen LogP contribution >= 0.6 is 0 Å². The Balaban J connectivity index is 4.32. The van der Waals surface area contributed by atoms with Gasteiger partial charge in [-0.05, 0) is 96.3 Å². The van der Waals surface area contributed by atoms with Crippen molar-refractivity contribution in [1.82, 2.24) is 0 Å². The van der Waals surface area contributed by atoms with E-state index in [1.807, 2.05) is 12.2 Å². The Kier molecular flexibility index (Phi) is 68.2. The van der Waals surface area contributed by atoms with E-state index in [0.717, 1.165) is 70.6 Å². The summed E-state index contributed by atoms with van der Waals surface area (Å²) >= 11 is 0. The van der Waals surface area contributed by atoms with Crippen molar-refractivity contribution in [2.24, 2.45) is 0 Å². The summed E-state index contributed by atoms with van der Waals surface area (Å²) in [5, 5.41) is 0. The number of ether oxygens (including phenoxy) is 3. The van der Waals surface area contributed by atoms with Crippen molar-refractivity contribution >= 4 is 17.9 Å². The van der Waals surface area contributed by atoms with Gasteiger partial charge >= 0.3 is 17.9 Å². The van der Waals surface area contributed by atoms with Crippen LogP contribution in [0.3, 0.4) is 0 Å². The first-order chi connectivity index (χ1) is 41.0. The summed E-state index contributed by atoms with van der Waals surface area (Å²) in [6, 6.07) is 0. The predicted molar refractivity (Wildman–Crippen MR) is 362 cm³/mol. The van der Waals surface area contributed by atoms with E-state index in [1.165, 1.54) is 257 Å². The minimum atomic E-state index is -0.818. The summed E-state index contributed by atoms with van der Waals surface area (Å²) in [5.74, 6) is -1.02. The van der Waals surface area contributed by atoms with Gasteiger partial charge in [0, 0.05) is 12.8 Å². The highest BCUT2D eigenvalue weighted by Crippen LogP contribution is 2.18. The van der Waals surface area contributed by atoms with E-state index < -0.39 is 12.1 Å². The lowest BCUT2D eigenvalue weighted by atomic mass is 10.0. The molecule has 6 heteroatoms. The van der Waals surface area contributed by atoms with Gasteiger partial charge in [-0.25, -0.2) is 0 Å². The molecule has 0 N–H and O–H groups in total. The third-order valence-electron chi connectivity index (χ3n) is 15.9. The van der Waals surface area contributed by atoms with Gasteiger partial charge in [0.25, 0.3) is 0 Å². The van der Waals surface area contributed by atoms with Crippen molar-refractivity contribution in [3.05, 3.63) is 85.1 Å². The molecule has 480 valence electrons. The molecule has 0 spiro atoms. The van der Waals surface area contributed by atoms with Crippen LogP contribution in [0.5, 0.6) is 0 Å². The fourth-order valence-corrected chi connectivity index (χ4v) is 10.5. The fraction of sp³-hybridized carbons (Fsp3) is 0.779. The first-order valence-electron chi connectivity index (χ1n) is 36.1. The summed E-state index contributed by atoms with van der Waals surface area (Å²) < 4.78 is 16.9. The number of esters is 3. The maximum atomic E-state index is 13.0. The monoisotopic (exact) mass is 1160 g/mol. The molecule has 0 radical (unpaired) electrons. The van der Waals surface area contributed by atoms with E-state index in [4.69, 9.17) is 14.2 Å². The van der Waals surface area contributed by atoms with Gasteiger partial charge in [-0.15, -0.1) is 0 Å². The molecule has 1 unspecified atom stereocenters. The van der Waals surface area contributed by atoms with Crippen LogP contribution < -0.4 is 0 Å². The molecule has 0 amide bonds. The van der Waals surface area contributed by atoms with Crippen molar-refractivity contribution in [1.29, 1.82) is 0 Å². The zero-order valence-electron chi connectivity index (χ0n) is 55.2. The number of rotatable bonds is 66. The van der Waals surface area contributed by atoms with Crippen molar-refractivity contribution in [2.45, 2.75) is 374 Å². The molecule has 6 nitrogen and oxygen atoms in total. The molecule has 0 aromatic rings. The summed E-state index contributed by atoms with van der Waals surface area (Å²) in [6.07, 6.45) is 95.1. The highest BCUT2D eigenvalue weighted by molar-refractivity contribution is 5.72. The molecule has 0 aromatic heterocycles. The third kappa shape index (κ3) is 69.3. The number of allylic oxidation sites excluding steroid dienone is 13. The Bertz CT molecular complexity index is 1570. The number of carbonyl (C=O) groups is 3. The topological polar surface area (TPSA) is 78.9 Å². The summed E-state index contributed by atoms with van der Waals surface area (Å²) in [7, 11) is 0. The van der Waals surface area contributed by atoms with Gasteiger partial charge in [-0.2, -0.15) is 0 Å². The molecule has 83 heavy (non-hydrogen) atoms. The van der Waals surface area contributed by atoms with Crippen LogP contribution in [0, 0.1) is 0 Å². The van der Waals surface area contributed by atoms with E-state index in [-0.39, 0.29) is 31.6 Å². The Morgan fingerprint density at radius 1 is 0.265 bits per heavy atom.